The monoisotopic (exact) mass is 502 g/mol. The van der Waals surface area contributed by atoms with Crippen LogP contribution in [0.15, 0.2) is 85.3 Å². The van der Waals surface area contributed by atoms with Gasteiger partial charge >= 0.3 is 0 Å². The van der Waals surface area contributed by atoms with E-state index in [0.29, 0.717) is 12.4 Å². The van der Waals surface area contributed by atoms with Gasteiger partial charge in [-0.3, -0.25) is 4.79 Å². The summed E-state index contributed by atoms with van der Waals surface area (Å²) in [6.07, 6.45) is 5.72. The zero-order chi connectivity index (χ0) is 24.0. The number of hydrogen-bond acceptors (Lipinski definition) is 5. The first kappa shape index (κ1) is 25.5. The smallest absolute Gasteiger partial charge is 0.250 e. The van der Waals surface area contributed by atoms with Gasteiger partial charge in [0.15, 0.2) is 0 Å². The SMILES string of the molecule is Cc1c(C(CC(=O)N2CCNCC2)C(c2ccccc2)c2ccccc2)cnn1-c1ncccn1.Cl. The number of hydrogen-bond donors (Lipinski definition) is 1. The lowest BCUT2D eigenvalue weighted by atomic mass is 9.75. The van der Waals surface area contributed by atoms with Crippen LogP contribution in [-0.2, 0) is 4.79 Å². The molecule has 1 fully saturated rings. The molecule has 1 unspecified atom stereocenters. The maximum atomic E-state index is 13.6. The van der Waals surface area contributed by atoms with Crippen molar-refractivity contribution in [2.75, 3.05) is 26.2 Å². The summed E-state index contributed by atoms with van der Waals surface area (Å²) in [7, 11) is 0. The number of piperazine rings is 1. The van der Waals surface area contributed by atoms with E-state index in [-0.39, 0.29) is 30.2 Å². The fraction of sp³-hybridized carbons (Fsp3) is 0.286. The number of aromatic nitrogens is 4. The van der Waals surface area contributed by atoms with Crippen LogP contribution in [0.3, 0.4) is 0 Å². The van der Waals surface area contributed by atoms with E-state index >= 15 is 0 Å². The zero-order valence-corrected chi connectivity index (χ0v) is 21.1. The van der Waals surface area contributed by atoms with Crippen LogP contribution in [0.5, 0.6) is 0 Å². The molecule has 1 N–H and O–H groups in total. The molecule has 1 aliphatic heterocycles. The van der Waals surface area contributed by atoms with Crippen LogP contribution in [0.2, 0.25) is 0 Å². The van der Waals surface area contributed by atoms with E-state index < -0.39 is 0 Å². The first-order valence-electron chi connectivity index (χ1n) is 12.1. The number of nitrogens with one attached hydrogen (secondary N) is 1. The largest absolute Gasteiger partial charge is 0.340 e. The predicted octanol–water partition coefficient (Wildman–Crippen LogP) is 4.13. The Balaban J connectivity index is 0.00000304. The van der Waals surface area contributed by atoms with Crippen LogP contribution in [0.4, 0.5) is 0 Å². The number of rotatable bonds is 7. The quantitative estimate of drug-likeness (QED) is 0.411. The van der Waals surface area contributed by atoms with E-state index in [2.05, 4.69) is 68.9 Å². The van der Waals surface area contributed by atoms with Gasteiger partial charge in [0.1, 0.15) is 0 Å². The molecule has 3 heterocycles. The standard InChI is InChI=1S/C28H30N6O.ClH/c1-21-25(20-32-34(21)28-30-13-8-14-31-28)24(19-26(35)33-17-15-29-16-18-33)27(22-9-4-2-5-10-22)23-11-6-3-7-12-23;/h2-14,20,24,27,29H,15-19H2,1H3;1H. The molecule has 2 aromatic heterocycles. The lowest BCUT2D eigenvalue weighted by molar-refractivity contribution is -0.132. The molecule has 0 saturated carbocycles. The maximum absolute atomic E-state index is 13.6. The summed E-state index contributed by atoms with van der Waals surface area (Å²) in [5, 5.41) is 7.99. The highest BCUT2D eigenvalue weighted by molar-refractivity contribution is 5.85. The summed E-state index contributed by atoms with van der Waals surface area (Å²) in [5.41, 5.74) is 4.35. The van der Waals surface area contributed by atoms with E-state index in [1.165, 1.54) is 11.1 Å². The lowest BCUT2D eigenvalue weighted by Crippen LogP contribution is -2.46. The van der Waals surface area contributed by atoms with Crippen LogP contribution in [0.1, 0.15) is 40.6 Å². The summed E-state index contributed by atoms with van der Waals surface area (Å²) in [5.74, 6) is 0.604. The minimum Gasteiger partial charge on any atom is -0.340 e. The van der Waals surface area contributed by atoms with Crippen LogP contribution >= 0.6 is 12.4 Å². The fourth-order valence-electron chi connectivity index (χ4n) is 5.01. The Morgan fingerprint density at radius 1 is 0.917 bits per heavy atom. The molecule has 2 aromatic carbocycles. The van der Waals surface area contributed by atoms with E-state index in [9.17, 15) is 4.79 Å². The highest BCUT2D eigenvalue weighted by Gasteiger charge is 2.33. The average molecular weight is 503 g/mol. The second kappa shape index (κ2) is 11.9. The van der Waals surface area contributed by atoms with Crippen LogP contribution in [0.25, 0.3) is 5.95 Å². The van der Waals surface area contributed by atoms with Gasteiger partial charge in [-0.2, -0.15) is 5.10 Å². The third kappa shape index (κ3) is 5.48. The first-order chi connectivity index (χ1) is 17.2. The van der Waals surface area contributed by atoms with Crippen LogP contribution < -0.4 is 5.32 Å². The second-order valence-corrected chi connectivity index (χ2v) is 8.89. The number of carbonyl (C=O) groups is 1. The minimum absolute atomic E-state index is 0. The van der Waals surface area contributed by atoms with Crippen molar-refractivity contribution in [2.45, 2.75) is 25.2 Å². The van der Waals surface area contributed by atoms with Gasteiger partial charge in [0, 0.05) is 62.5 Å². The van der Waals surface area contributed by atoms with Crippen molar-refractivity contribution >= 4 is 18.3 Å². The topological polar surface area (TPSA) is 75.9 Å². The molecule has 1 saturated heterocycles. The molecule has 0 radical (unpaired) electrons. The molecule has 7 nitrogen and oxygen atoms in total. The van der Waals surface area contributed by atoms with E-state index in [1.54, 1.807) is 23.1 Å². The van der Waals surface area contributed by atoms with Gasteiger partial charge < -0.3 is 10.2 Å². The van der Waals surface area contributed by atoms with Gasteiger partial charge in [0.25, 0.3) is 5.95 Å². The molecule has 1 amide bonds. The van der Waals surface area contributed by atoms with Crippen molar-refractivity contribution in [1.29, 1.82) is 0 Å². The average Bonchev–Trinajstić information content (AvgIpc) is 3.31. The third-order valence-electron chi connectivity index (χ3n) is 6.77. The van der Waals surface area contributed by atoms with Crippen molar-refractivity contribution in [3.05, 3.63) is 108 Å². The summed E-state index contributed by atoms with van der Waals surface area (Å²) >= 11 is 0. The Morgan fingerprint density at radius 2 is 1.50 bits per heavy atom. The predicted molar refractivity (Wildman–Crippen MR) is 143 cm³/mol. The zero-order valence-electron chi connectivity index (χ0n) is 20.3. The van der Waals surface area contributed by atoms with Crippen molar-refractivity contribution in [1.82, 2.24) is 30.0 Å². The van der Waals surface area contributed by atoms with E-state index in [1.807, 2.05) is 30.2 Å². The Labute approximate surface area is 218 Å². The Kier molecular flexibility index (Phi) is 8.46. The molecule has 8 heteroatoms. The van der Waals surface area contributed by atoms with E-state index in [4.69, 9.17) is 0 Å². The van der Waals surface area contributed by atoms with Gasteiger partial charge in [-0.25, -0.2) is 14.6 Å². The van der Waals surface area contributed by atoms with Crippen LogP contribution in [-0.4, -0.2) is 56.7 Å². The highest BCUT2D eigenvalue weighted by Crippen LogP contribution is 2.42. The molecule has 5 rings (SSSR count). The number of nitrogens with zero attached hydrogens (tertiary/aromatic N) is 5. The van der Waals surface area contributed by atoms with Gasteiger partial charge in [0.2, 0.25) is 5.91 Å². The summed E-state index contributed by atoms with van der Waals surface area (Å²) in [6.45, 7) is 5.18. The van der Waals surface area contributed by atoms with Crippen molar-refractivity contribution in [3.8, 4) is 5.95 Å². The molecular formula is C28H31ClN6O. The van der Waals surface area contributed by atoms with Gasteiger partial charge in [-0.1, -0.05) is 60.7 Å². The lowest BCUT2D eigenvalue weighted by Gasteiger charge is -2.32. The molecule has 186 valence electrons. The van der Waals surface area contributed by atoms with Crippen molar-refractivity contribution in [3.63, 3.8) is 0 Å². The molecule has 0 bridgehead atoms. The molecule has 0 aliphatic carbocycles. The van der Waals surface area contributed by atoms with Crippen molar-refractivity contribution in [2.24, 2.45) is 0 Å². The third-order valence-corrected chi connectivity index (χ3v) is 6.77. The first-order valence-corrected chi connectivity index (χ1v) is 12.1. The molecule has 4 aromatic rings. The molecule has 1 atom stereocenters. The Hall–Kier alpha value is -3.55. The molecular weight excluding hydrogens is 472 g/mol. The summed E-state index contributed by atoms with van der Waals surface area (Å²) in [4.78, 5) is 24.3. The Morgan fingerprint density at radius 3 is 2.08 bits per heavy atom. The number of halogens is 1. The number of benzene rings is 2. The highest BCUT2D eigenvalue weighted by atomic mass is 35.5. The summed E-state index contributed by atoms with van der Waals surface area (Å²) in [6, 6.07) is 22.7. The second-order valence-electron chi connectivity index (χ2n) is 8.89. The molecule has 0 spiro atoms. The van der Waals surface area contributed by atoms with Gasteiger partial charge in [0.05, 0.1) is 6.20 Å². The minimum atomic E-state index is -0.0975. The molecule has 36 heavy (non-hydrogen) atoms. The maximum Gasteiger partial charge on any atom is 0.250 e. The number of carbonyl (C=O) groups excluding carboxylic acids is 1. The van der Waals surface area contributed by atoms with Crippen molar-refractivity contribution < 1.29 is 4.79 Å². The normalized spacial score (nSPS) is 14.3. The van der Waals surface area contributed by atoms with Gasteiger partial charge in [-0.15, -0.1) is 12.4 Å². The Bertz CT molecular complexity index is 1200. The van der Waals surface area contributed by atoms with E-state index in [0.717, 1.165) is 37.4 Å². The van der Waals surface area contributed by atoms with Gasteiger partial charge in [-0.05, 0) is 29.7 Å². The molecule has 1 aliphatic rings. The number of amides is 1. The van der Waals surface area contributed by atoms with Crippen LogP contribution in [0, 0.1) is 6.92 Å². The fourth-order valence-corrected chi connectivity index (χ4v) is 5.01. The summed E-state index contributed by atoms with van der Waals surface area (Å²) < 4.78 is 1.77.